The van der Waals surface area contributed by atoms with E-state index in [1.165, 1.54) is 0 Å². The third kappa shape index (κ3) is 5.26. The first kappa shape index (κ1) is 25.6. The first-order valence-corrected chi connectivity index (χ1v) is 14.1. The van der Waals surface area contributed by atoms with Gasteiger partial charge in [-0.2, -0.15) is 4.98 Å². The second-order valence-electron chi connectivity index (χ2n) is 10.8. The van der Waals surface area contributed by atoms with Crippen LogP contribution in [0, 0.1) is 0 Å². The quantitative estimate of drug-likeness (QED) is 0.338. The zero-order valence-electron chi connectivity index (χ0n) is 22.0. The number of rotatable bonds is 8. The Labute approximate surface area is 228 Å². The molecule has 3 fully saturated rings. The molecule has 204 valence electrons. The first-order chi connectivity index (χ1) is 18.5. The fraction of sp³-hybridized carbons (Fsp3) is 0.577. The van der Waals surface area contributed by atoms with Gasteiger partial charge in [0.15, 0.2) is 11.5 Å². The molecule has 4 heterocycles. The van der Waals surface area contributed by atoms with Crippen LogP contribution in [0.2, 0.25) is 5.02 Å². The van der Waals surface area contributed by atoms with Gasteiger partial charge in [0, 0.05) is 64.4 Å². The van der Waals surface area contributed by atoms with E-state index in [4.69, 9.17) is 33.2 Å². The number of aromatic nitrogens is 4. The van der Waals surface area contributed by atoms with Gasteiger partial charge in [0.05, 0.1) is 28.3 Å². The Morgan fingerprint density at radius 2 is 1.76 bits per heavy atom. The standard InChI is InChI=1S/C26H38ClN11/c1-35-8-10-36(11-9-35)19-4-6-37(7-5-19)22-13-17(14-28)12-21(23(22)27)32-26-33-24(31-18-2-3-18)25-30-16-20(15-29)38(25)34-26/h12-13,16,18-19H,2-11,14-15,28-29H2,1H3,(H2,31,32,33,34). The maximum Gasteiger partial charge on any atom is 0.247 e. The third-order valence-corrected chi connectivity index (χ3v) is 8.41. The summed E-state index contributed by atoms with van der Waals surface area (Å²) in [7, 11) is 2.21. The van der Waals surface area contributed by atoms with Crippen molar-refractivity contribution in [2.75, 3.05) is 61.8 Å². The average molecular weight is 540 g/mol. The minimum absolute atomic E-state index is 0.331. The SMILES string of the molecule is CN1CCN(C2CCN(c3cc(CN)cc(Nc4nc(NC5CC5)c5ncc(CN)n5n4)c3Cl)CC2)CC1. The molecule has 0 amide bonds. The van der Waals surface area contributed by atoms with Gasteiger partial charge < -0.3 is 31.9 Å². The number of nitrogens with zero attached hydrogens (tertiary/aromatic N) is 7. The lowest BCUT2D eigenvalue weighted by Crippen LogP contribution is -2.52. The molecular formula is C26H38ClN11. The smallest absolute Gasteiger partial charge is 0.247 e. The Morgan fingerprint density at radius 1 is 1.00 bits per heavy atom. The Morgan fingerprint density at radius 3 is 2.45 bits per heavy atom. The lowest BCUT2D eigenvalue weighted by atomic mass is 10.0. The molecule has 12 heteroatoms. The van der Waals surface area contributed by atoms with E-state index in [2.05, 4.69) is 43.4 Å². The Balaban J connectivity index is 1.24. The summed E-state index contributed by atoms with van der Waals surface area (Å²) in [6, 6.07) is 5.17. The molecule has 38 heavy (non-hydrogen) atoms. The van der Waals surface area contributed by atoms with Crippen molar-refractivity contribution in [3.8, 4) is 0 Å². The second-order valence-corrected chi connectivity index (χ2v) is 11.1. The van der Waals surface area contributed by atoms with Gasteiger partial charge >= 0.3 is 0 Å². The molecule has 3 aromatic rings. The molecule has 6 rings (SSSR count). The van der Waals surface area contributed by atoms with Crippen molar-refractivity contribution < 1.29 is 0 Å². The number of piperazine rings is 1. The Bertz CT molecular complexity index is 1270. The van der Waals surface area contributed by atoms with Crippen LogP contribution in [-0.4, -0.2) is 87.8 Å². The molecule has 0 spiro atoms. The van der Waals surface area contributed by atoms with E-state index in [0.717, 1.165) is 87.6 Å². The first-order valence-electron chi connectivity index (χ1n) is 13.7. The van der Waals surface area contributed by atoms with Gasteiger partial charge in [-0.25, -0.2) is 9.50 Å². The topological polar surface area (TPSA) is 129 Å². The van der Waals surface area contributed by atoms with Crippen molar-refractivity contribution in [1.82, 2.24) is 29.4 Å². The number of piperidine rings is 1. The van der Waals surface area contributed by atoms with Crippen molar-refractivity contribution in [2.45, 2.75) is 50.9 Å². The van der Waals surface area contributed by atoms with E-state index in [-0.39, 0.29) is 0 Å². The van der Waals surface area contributed by atoms with E-state index < -0.39 is 0 Å². The highest BCUT2D eigenvalue weighted by atomic mass is 35.5. The molecule has 1 aliphatic carbocycles. The highest BCUT2D eigenvalue weighted by Gasteiger charge is 2.28. The van der Waals surface area contributed by atoms with Gasteiger partial charge in [-0.05, 0) is 50.4 Å². The van der Waals surface area contributed by atoms with Gasteiger partial charge in [-0.1, -0.05) is 11.6 Å². The van der Waals surface area contributed by atoms with Crippen molar-refractivity contribution in [1.29, 1.82) is 0 Å². The predicted octanol–water partition coefficient (Wildman–Crippen LogP) is 2.23. The number of fused-ring (bicyclic) bond motifs is 1. The minimum atomic E-state index is 0.331. The maximum absolute atomic E-state index is 7.04. The summed E-state index contributed by atoms with van der Waals surface area (Å²) >= 11 is 7.04. The van der Waals surface area contributed by atoms with Crippen molar-refractivity contribution in [3.05, 3.63) is 34.6 Å². The minimum Gasteiger partial charge on any atom is -0.370 e. The number of anilines is 4. The van der Waals surface area contributed by atoms with Crippen LogP contribution in [0.1, 0.15) is 36.9 Å². The summed E-state index contributed by atoms with van der Waals surface area (Å²) in [5, 5.41) is 12.2. The molecule has 2 aliphatic heterocycles. The van der Waals surface area contributed by atoms with Crippen LogP contribution >= 0.6 is 11.6 Å². The van der Waals surface area contributed by atoms with Crippen LogP contribution in [-0.2, 0) is 13.1 Å². The Hall–Kier alpha value is -2.70. The molecule has 2 saturated heterocycles. The molecule has 1 saturated carbocycles. The third-order valence-electron chi connectivity index (χ3n) is 8.01. The number of benzene rings is 1. The van der Waals surface area contributed by atoms with E-state index in [1.807, 2.05) is 6.07 Å². The summed E-state index contributed by atoms with van der Waals surface area (Å²) in [6.45, 7) is 7.30. The number of likely N-dealkylation sites (N-methyl/N-ethyl adjacent to an activating group) is 1. The van der Waals surface area contributed by atoms with Gasteiger partial charge in [0.1, 0.15) is 0 Å². The number of nitrogens with one attached hydrogen (secondary N) is 2. The van der Waals surface area contributed by atoms with Crippen molar-refractivity contribution in [2.24, 2.45) is 11.5 Å². The monoisotopic (exact) mass is 539 g/mol. The highest BCUT2D eigenvalue weighted by Crippen LogP contribution is 2.38. The van der Waals surface area contributed by atoms with Crippen molar-refractivity contribution in [3.63, 3.8) is 0 Å². The molecule has 6 N–H and O–H groups in total. The van der Waals surface area contributed by atoms with Crippen LogP contribution < -0.4 is 27.0 Å². The fourth-order valence-corrected chi connectivity index (χ4v) is 5.80. The van der Waals surface area contributed by atoms with E-state index in [9.17, 15) is 0 Å². The van der Waals surface area contributed by atoms with Gasteiger partial charge in [-0.3, -0.25) is 4.90 Å². The highest BCUT2D eigenvalue weighted by molar-refractivity contribution is 6.36. The maximum atomic E-state index is 7.04. The van der Waals surface area contributed by atoms with Gasteiger partial charge in [-0.15, -0.1) is 5.10 Å². The molecule has 3 aliphatic rings. The molecule has 0 radical (unpaired) electrons. The number of hydrogen-bond acceptors (Lipinski definition) is 10. The van der Waals surface area contributed by atoms with Crippen molar-refractivity contribution >= 4 is 40.4 Å². The van der Waals surface area contributed by atoms with Gasteiger partial charge in [0.25, 0.3) is 0 Å². The number of hydrogen-bond donors (Lipinski definition) is 4. The van der Waals surface area contributed by atoms with Crippen LogP contribution in [0.5, 0.6) is 0 Å². The number of imidazole rings is 1. The zero-order chi connectivity index (χ0) is 26.2. The summed E-state index contributed by atoms with van der Waals surface area (Å²) in [5.74, 6) is 1.13. The lowest BCUT2D eigenvalue weighted by molar-refractivity contribution is 0.0982. The molecule has 0 unspecified atom stereocenters. The van der Waals surface area contributed by atoms with Crippen LogP contribution in [0.3, 0.4) is 0 Å². The molecule has 0 bridgehead atoms. The second kappa shape index (κ2) is 10.8. The summed E-state index contributed by atoms with van der Waals surface area (Å²) in [6.07, 6.45) is 6.27. The van der Waals surface area contributed by atoms with E-state index in [1.54, 1.807) is 10.7 Å². The van der Waals surface area contributed by atoms with Crippen LogP contribution in [0.4, 0.5) is 23.1 Å². The largest absolute Gasteiger partial charge is 0.370 e. The number of nitrogens with two attached hydrogens (primary N) is 2. The molecular weight excluding hydrogens is 502 g/mol. The summed E-state index contributed by atoms with van der Waals surface area (Å²) in [4.78, 5) is 16.7. The van der Waals surface area contributed by atoms with E-state index >= 15 is 0 Å². The van der Waals surface area contributed by atoms with Gasteiger partial charge in [0.2, 0.25) is 5.95 Å². The lowest BCUT2D eigenvalue weighted by Gasteiger charge is -2.42. The van der Waals surface area contributed by atoms with Crippen LogP contribution in [0.25, 0.3) is 5.65 Å². The molecule has 1 aromatic carbocycles. The fourth-order valence-electron chi connectivity index (χ4n) is 5.52. The normalized spacial score (nSPS) is 19.8. The summed E-state index contributed by atoms with van der Waals surface area (Å²) < 4.78 is 1.75. The summed E-state index contributed by atoms with van der Waals surface area (Å²) in [5.41, 5.74) is 16.3. The number of halogens is 1. The predicted molar refractivity (Wildman–Crippen MR) is 152 cm³/mol. The molecule has 0 atom stereocenters. The molecule has 11 nitrogen and oxygen atoms in total. The average Bonchev–Trinajstić information content (AvgIpc) is 3.66. The molecule has 2 aromatic heterocycles. The van der Waals surface area contributed by atoms with E-state index in [0.29, 0.717) is 47.6 Å². The van der Waals surface area contributed by atoms with Crippen LogP contribution in [0.15, 0.2) is 18.3 Å². The zero-order valence-corrected chi connectivity index (χ0v) is 22.8. The Kier molecular flexibility index (Phi) is 7.28.